The van der Waals surface area contributed by atoms with Crippen LogP contribution >= 0.6 is 0 Å². The monoisotopic (exact) mass is 398 g/mol. The molecule has 0 spiro atoms. The van der Waals surface area contributed by atoms with Crippen molar-refractivity contribution < 1.29 is 13.6 Å². The number of carbonyl (C=O) groups is 1. The minimum atomic E-state index is -2.67. The minimum absolute atomic E-state index is 0.218. The van der Waals surface area contributed by atoms with E-state index in [-0.39, 0.29) is 17.3 Å². The molecule has 0 atom stereocenters. The molecule has 29 heavy (non-hydrogen) atoms. The molecule has 7 heteroatoms. The number of H-pyrrole nitrogens is 1. The van der Waals surface area contributed by atoms with Crippen LogP contribution in [0.3, 0.4) is 0 Å². The number of fused-ring (bicyclic) bond motifs is 2. The molecule has 0 aliphatic carbocycles. The van der Waals surface area contributed by atoms with E-state index in [2.05, 4.69) is 58.3 Å². The Bertz CT molecular complexity index is 1040. The van der Waals surface area contributed by atoms with Gasteiger partial charge in [-0.2, -0.15) is 0 Å². The van der Waals surface area contributed by atoms with Gasteiger partial charge >= 0.3 is 0 Å². The van der Waals surface area contributed by atoms with E-state index in [9.17, 15) is 13.6 Å². The third-order valence-electron chi connectivity index (χ3n) is 5.64. The molecule has 0 unspecified atom stereocenters. The summed E-state index contributed by atoms with van der Waals surface area (Å²) in [6.07, 6.45) is -1.67. The first-order valence-corrected chi connectivity index (χ1v) is 9.71. The molecule has 152 valence electrons. The first-order valence-electron chi connectivity index (χ1n) is 9.71. The number of rotatable bonds is 5. The first kappa shape index (κ1) is 19.5. The lowest BCUT2D eigenvalue weighted by atomic mass is 9.94. The molecule has 1 aromatic heterocycles. The molecule has 0 saturated heterocycles. The van der Waals surface area contributed by atoms with Gasteiger partial charge in [0.15, 0.2) is 5.82 Å². The van der Waals surface area contributed by atoms with Crippen LogP contribution < -0.4 is 5.32 Å². The van der Waals surface area contributed by atoms with E-state index in [0.717, 1.165) is 19.5 Å². The standard InChI is InChI=1S/C22H24F2N4O/c1-22(2,28-10-9-14-5-3-4-6-16(14)12-28)13-25-21(29)15-7-8-17-18(11-15)27-20(26-17)19(23)24/h3-8,11,19H,9-10,12-13H2,1-2H3,(H,25,29)(H,26,27). The highest BCUT2D eigenvalue weighted by Crippen LogP contribution is 2.25. The van der Waals surface area contributed by atoms with Crippen molar-refractivity contribution in [2.75, 3.05) is 13.1 Å². The minimum Gasteiger partial charge on any atom is -0.350 e. The number of amides is 1. The summed E-state index contributed by atoms with van der Waals surface area (Å²) in [5.41, 5.74) is 3.77. The summed E-state index contributed by atoms with van der Waals surface area (Å²) in [6, 6.07) is 13.2. The number of alkyl halides is 2. The molecule has 3 aromatic rings. The van der Waals surface area contributed by atoms with Crippen molar-refractivity contribution in [2.24, 2.45) is 0 Å². The maximum Gasteiger partial charge on any atom is 0.295 e. The molecular weight excluding hydrogens is 374 g/mol. The van der Waals surface area contributed by atoms with E-state index in [0.29, 0.717) is 23.1 Å². The predicted molar refractivity (Wildman–Crippen MR) is 108 cm³/mol. The zero-order valence-electron chi connectivity index (χ0n) is 16.5. The number of halogens is 2. The smallest absolute Gasteiger partial charge is 0.295 e. The number of aromatic amines is 1. The van der Waals surface area contributed by atoms with Crippen LogP contribution in [0.1, 0.15) is 47.6 Å². The van der Waals surface area contributed by atoms with Crippen molar-refractivity contribution in [2.45, 2.75) is 38.8 Å². The van der Waals surface area contributed by atoms with Gasteiger partial charge < -0.3 is 10.3 Å². The third-order valence-corrected chi connectivity index (χ3v) is 5.64. The average Bonchev–Trinajstić information content (AvgIpc) is 3.15. The quantitative estimate of drug-likeness (QED) is 0.681. The second kappa shape index (κ2) is 7.55. The number of hydrogen-bond donors (Lipinski definition) is 2. The fourth-order valence-corrected chi connectivity index (χ4v) is 3.80. The Morgan fingerprint density at radius 2 is 2.00 bits per heavy atom. The lowest BCUT2D eigenvalue weighted by Gasteiger charge is -2.41. The van der Waals surface area contributed by atoms with E-state index in [1.165, 1.54) is 11.1 Å². The number of imidazole rings is 1. The first-order chi connectivity index (χ1) is 13.8. The molecule has 2 aromatic carbocycles. The number of benzene rings is 2. The molecule has 1 aliphatic heterocycles. The molecule has 5 nitrogen and oxygen atoms in total. The summed E-state index contributed by atoms with van der Waals surface area (Å²) in [5, 5.41) is 2.99. The Labute approximate surface area is 168 Å². The van der Waals surface area contributed by atoms with Crippen LogP contribution in [0, 0.1) is 0 Å². The predicted octanol–water partition coefficient (Wildman–Crippen LogP) is 4.07. The van der Waals surface area contributed by atoms with E-state index in [1.807, 2.05) is 0 Å². The molecule has 2 N–H and O–H groups in total. The highest BCUT2D eigenvalue weighted by Gasteiger charge is 2.30. The topological polar surface area (TPSA) is 61.0 Å². The lowest BCUT2D eigenvalue weighted by Crippen LogP contribution is -2.53. The number of carbonyl (C=O) groups excluding carboxylic acids is 1. The summed E-state index contributed by atoms with van der Waals surface area (Å²) in [4.78, 5) is 21.4. The maximum absolute atomic E-state index is 12.8. The summed E-state index contributed by atoms with van der Waals surface area (Å²) < 4.78 is 25.6. The normalized spacial score (nSPS) is 14.9. The van der Waals surface area contributed by atoms with Gasteiger partial charge in [0.25, 0.3) is 12.3 Å². The average molecular weight is 398 g/mol. The van der Waals surface area contributed by atoms with Gasteiger partial charge in [-0.25, -0.2) is 13.8 Å². The Morgan fingerprint density at radius 3 is 2.76 bits per heavy atom. The van der Waals surface area contributed by atoms with E-state index >= 15 is 0 Å². The van der Waals surface area contributed by atoms with Crippen LogP contribution in [-0.4, -0.2) is 39.4 Å². The van der Waals surface area contributed by atoms with Gasteiger partial charge in [-0.1, -0.05) is 24.3 Å². The molecule has 1 amide bonds. The van der Waals surface area contributed by atoms with Crippen molar-refractivity contribution in [1.29, 1.82) is 0 Å². The molecule has 4 rings (SSSR count). The zero-order chi connectivity index (χ0) is 20.6. The largest absolute Gasteiger partial charge is 0.350 e. The maximum atomic E-state index is 12.8. The molecular formula is C22H24F2N4O. The van der Waals surface area contributed by atoms with Gasteiger partial charge in [0.1, 0.15) is 0 Å². The van der Waals surface area contributed by atoms with Gasteiger partial charge in [0.2, 0.25) is 0 Å². The van der Waals surface area contributed by atoms with Crippen molar-refractivity contribution in [3.05, 3.63) is 65.0 Å². The Morgan fingerprint density at radius 1 is 1.24 bits per heavy atom. The number of aromatic nitrogens is 2. The van der Waals surface area contributed by atoms with E-state index < -0.39 is 6.43 Å². The highest BCUT2D eigenvalue weighted by atomic mass is 19.3. The van der Waals surface area contributed by atoms with Crippen molar-refractivity contribution in [3.63, 3.8) is 0 Å². The summed E-state index contributed by atoms with van der Waals surface area (Å²) >= 11 is 0. The van der Waals surface area contributed by atoms with Crippen molar-refractivity contribution >= 4 is 16.9 Å². The Balaban J connectivity index is 1.43. The fourth-order valence-electron chi connectivity index (χ4n) is 3.80. The Hall–Kier alpha value is -2.80. The van der Waals surface area contributed by atoms with E-state index in [4.69, 9.17) is 0 Å². The van der Waals surface area contributed by atoms with Crippen LogP contribution in [0.5, 0.6) is 0 Å². The van der Waals surface area contributed by atoms with Crippen LogP contribution in [0.4, 0.5) is 8.78 Å². The molecule has 0 bridgehead atoms. The number of nitrogens with zero attached hydrogens (tertiary/aromatic N) is 2. The third kappa shape index (κ3) is 4.00. The molecule has 0 radical (unpaired) electrons. The van der Waals surface area contributed by atoms with Crippen LogP contribution in [-0.2, 0) is 13.0 Å². The van der Waals surface area contributed by atoms with Crippen LogP contribution in [0.25, 0.3) is 11.0 Å². The Kier molecular flexibility index (Phi) is 5.08. The van der Waals surface area contributed by atoms with Crippen molar-refractivity contribution in [3.8, 4) is 0 Å². The summed E-state index contributed by atoms with van der Waals surface area (Å²) in [6.45, 7) is 6.52. The number of nitrogens with one attached hydrogen (secondary N) is 2. The second-order valence-corrected chi connectivity index (χ2v) is 8.09. The summed E-state index contributed by atoms with van der Waals surface area (Å²) in [7, 11) is 0. The van der Waals surface area contributed by atoms with Gasteiger partial charge in [-0.3, -0.25) is 9.69 Å². The van der Waals surface area contributed by atoms with Crippen LogP contribution in [0.2, 0.25) is 0 Å². The van der Waals surface area contributed by atoms with Gasteiger partial charge in [-0.05, 0) is 49.6 Å². The zero-order valence-corrected chi connectivity index (χ0v) is 16.5. The van der Waals surface area contributed by atoms with Gasteiger partial charge in [0, 0.05) is 30.7 Å². The molecule has 0 fully saturated rings. The van der Waals surface area contributed by atoms with Crippen molar-refractivity contribution in [1.82, 2.24) is 20.2 Å². The lowest BCUT2D eigenvalue weighted by molar-refractivity contribution is 0.0826. The van der Waals surface area contributed by atoms with Crippen LogP contribution in [0.15, 0.2) is 42.5 Å². The second-order valence-electron chi connectivity index (χ2n) is 8.09. The molecule has 0 saturated carbocycles. The van der Waals surface area contributed by atoms with Gasteiger partial charge in [0.05, 0.1) is 11.0 Å². The molecule has 1 aliphatic rings. The SMILES string of the molecule is CC(C)(CNC(=O)c1ccc2nc(C(F)F)[nH]c2c1)N1CCc2ccccc2C1. The van der Waals surface area contributed by atoms with Gasteiger partial charge in [-0.15, -0.1) is 0 Å². The summed E-state index contributed by atoms with van der Waals surface area (Å²) in [5.74, 6) is -0.616. The molecule has 2 heterocycles. The van der Waals surface area contributed by atoms with E-state index in [1.54, 1.807) is 18.2 Å². The number of hydrogen-bond acceptors (Lipinski definition) is 3. The fraction of sp³-hybridized carbons (Fsp3) is 0.364. The highest BCUT2D eigenvalue weighted by molar-refractivity contribution is 5.97.